The molecule has 1 aliphatic heterocycles. The molecule has 2 aromatic rings. The topological polar surface area (TPSA) is 27.7 Å². The molecule has 2 aromatic carbocycles. The Hall–Kier alpha value is -1.57. The summed E-state index contributed by atoms with van der Waals surface area (Å²) in [5.74, 6) is 2.00. The van der Waals surface area contributed by atoms with Crippen molar-refractivity contribution >= 4 is 8.38 Å². The molecule has 0 N–H and O–H groups in total. The largest absolute Gasteiger partial charge is 0.496 e. The van der Waals surface area contributed by atoms with Crippen molar-refractivity contribution in [3.05, 3.63) is 58.7 Å². The lowest BCUT2D eigenvalue weighted by molar-refractivity contribution is 0.104. The maximum Gasteiger partial charge on any atom is 0.230 e. The second kappa shape index (κ2) is 16.3. The van der Waals surface area contributed by atoms with E-state index in [1.165, 1.54) is 47.9 Å². The molecule has 0 aromatic heterocycles. The number of hydrogen-bond acceptors (Lipinski definition) is 3. The smallest absolute Gasteiger partial charge is 0.230 e. The van der Waals surface area contributed by atoms with Gasteiger partial charge in [-0.2, -0.15) is 0 Å². The highest BCUT2D eigenvalue weighted by Gasteiger charge is 2.36. The van der Waals surface area contributed by atoms with Gasteiger partial charge in [-0.05, 0) is 75.2 Å². The van der Waals surface area contributed by atoms with E-state index in [4.69, 9.17) is 13.8 Å². The molecule has 0 radical (unpaired) electrons. The lowest BCUT2D eigenvalue weighted by Gasteiger charge is -2.39. The third-order valence-electron chi connectivity index (χ3n) is 8.60. The molecule has 1 heterocycles. The molecule has 0 bridgehead atoms. The first-order valence-electron chi connectivity index (χ1n) is 17.1. The van der Waals surface area contributed by atoms with E-state index >= 15 is 0 Å². The minimum atomic E-state index is -0.824. The van der Waals surface area contributed by atoms with E-state index < -0.39 is 8.38 Å². The van der Waals surface area contributed by atoms with Gasteiger partial charge in [0, 0.05) is 11.7 Å². The fraction of sp³-hybridized carbons (Fsp3) is 0.700. The number of hydrogen-bond donors (Lipinski definition) is 0. The zero-order chi connectivity index (χ0) is 34.1. The van der Waals surface area contributed by atoms with E-state index in [2.05, 4.69) is 133 Å². The van der Waals surface area contributed by atoms with Gasteiger partial charge >= 0.3 is 0 Å². The second-order valence-corrected chi connectivity index (χ2v) is 18.0. The molecule has 252 valence electrons. The number of rotatable bonds is 6. The molecule has 44 heavy (non-hydrogen) atoms. The predicted molar refractivity (Wildman–Crippen MR) is 196 cm³/mol. The Morgan fingerprint density at radius 2 is 1.16 bits per heavy atom. The average molecular weight is 629 g/mol. The van der Waals surface area contributed by atoms with Gasteiger partial charge in [0.05, 0.1) is 13.7 Å². The molecule has 0 aliphatic carbocycles. The number of benzene rings is 2. The van der Waals surface area contributed by atoms with Crippen LogP contribution in [0.4, 0.5) is 0 Å². The lowest BCUT2D eigenvalue weighted by Crippen LogP contribution is -2.31. The summed E-state index contributed by atoms with van der Waals surface area (Å²) in [5, 5.41) is 0. The van der Waals surface area contributed by atoms with Crippen LogP contribution in [-0.4, -0.2) is 19.9 Å². The minimum absolute atomic E-state index is 0.0527. The number of methoxy groups -OCH3 is 1. The van der Waals surface area contributed by atoms with E-state index in [9.17, 15) is 0 Å². The van der Waals surface area contributed by atoms with Crippen molar-refractivity contribution in [2.24, 2.45) is 5.41 Å². The SMILES string of the molecule is CC.CCCC1(CC)CCP(Oc2ccc(C(C)(C)C)cc2C(C)(C)C)OC1.COc1ccc(C(C)(C)C)cc1C(C)(C)C. The van der Waals surface area contributed by atoms with Crippen molar-refractivity contribution in [1.82, 2.24) is 0 Å². The zero-order valence-electron chi connectivity index (χ0n) is 31.9. The quantitative estimate of drug-likeness (QED) is 0.298. The van der Waals surface area contributed by atoms with Gasteiger partial charge in [0.15, 0.2) is 0 Å². The molecule has 2 atom stereocenters. The van der Waals surface area contributed by atoms with Crippen LogP contribution < -0.4 is 9.26 Å². The Morgan fingerprint density at radius 1 is 0.705 bits per heavy atom. The van der Waals surface area contributed by atoms with E-state index in [-0.39, 0.29) is 21.7 Å². The first-order valence-corrected chi connectivity index (χ1v) is 18.5. The monoisotopic (exact) mass is 628 g/mol. The molecule has 1 fully saturated rings. The summed E-state index contributed by atoms with van der Waals surface area (Å²) in [7, 11) is 0.913. The summed E-state index contributed by atoms with van der Waals surface area (Å²) in [6.07, 6.45) is 5.98. The summed E-state index contributed by atoms with van der Waals surface area (Å²) < 4.78 is 18.1. The van der Waals surface area contributed by atoms with Crippen LogP contribution in [0.3, 0.4) is 0 Å². The lowest BCUT2D eigenvalue weighted by atomic mass is 9.79. The van der Waals surface area contributed by atoms with E-state index in [0.29, 0.717) is 5.41 Å². The standard InChI is InChI=1S/C23H39O2P.C15H24O.C2H6/c1-9-13-23(10-2)14-15-26(24-17-23)25-20-12-11-18(21(3,4)5)16-19(20)22(6,7)8;1-14(2,3)11-8-9-13(16-7)12(10-11)15(4,5)6;1-2/h11-12,16H,9-10,13-15,17H2,1-8H3;8-10H,1-7H3;1-2H3. The fourth-order valence-corrected chi connectivity index (χ4v) is 7.19. The molecule has 0 spiro atoms. The van der Waals surface area contributed by atoms with Crippen molar-refractivity contribution in [1.29, 1.82) is 0 Å². The molecule has 3 nitrogen and oxygen atoms in total. The summed E-state index contributed by atoms with van der Waals surface area (Å²) in [4.78, 5) is 0. The Balaban J connectivity index is 0.000000461. The Labute approximate surface area is 275 Å². The van der Waals surface area contributed by atoms with Crippen LogP contribution in [0.25, 0.3) is 0 Å². The summed E-state index contributed by atoms with van der Waals surface area (Å²) >= 11 is 0. The Kier molecular flexibility index (Phi) is 15.0. The third kappa shape index (κ3) is 11.7. The van der Waals surface area contributed by atoms with Crippen LogP contribution in [0.2, 0.25) is 0 Å². The fourth-order valence-electron chi connectivity index (χ4n) is 5.46. The molecular formula is C40H69O3P. The van der Waals surface area contributed by atoms with Crippen LogP contribution >= 0.6 is 8.38 Å². The van der Waals surface area contributed by atoms with Gasteiger partial charge < -0.3 is 13.8 Å². The molecule has 1 aliphatic rings. The first kappa shape index (κ1) is 40.5. The zero-order valence-corrected chi connectivity index (χ0v) is 32.8. The summed E-state index contributed by atoms with van der Waals surface area (Å²) in [6, 6.07) is 13.2. The average Bonchev–Trinajstić information content (AvgIpc) is 2.93. The molecule has 0 amide bonds. The van der Waals surface area contributed by atoms with Crippen molar-refractivity contribution < 1.29 is 13.8 Å². The molecule has 1 saturated heterocycles. The van der Waals surface area contributed by atoms with Crippen molar-refractivity contribution in [3.8, 4) is 11.5 Å². The first-order chi connectivity index (χ1) is 20.2. The van der Waals surface area contributed by atoms with Gasteiger partial charge in [-0.15, -0.1) is 0 Å². The van der Waals surface area contributed by atoms with E-state index in [1.807, 2.05) is 13.8 Å². The van der Waals surface area contributed by atoms with Crippen molar-refractivity contribution in [3.63, 3.8) is 0 Å². The highest BCUT2D eigenvalue weighted by atomic mass is 31.2. The molecular weight excluding hydrogens is 559 g/mol. The molecule has 2 unspecified atom stereocenters. The van der Waals surface area contributed by atoms with Gasteiger partial charge in [0.2, 0.25) is 8.38 Å². The van der Waals surface area contributed by atoms with Crippen LogP contribution in [0.1, 0.15) is 159 Å². The summed E-state index contributed by atoms with van der Waals surface area (Å²) in [6.45, 7) is 36.4. The van der Waals surface area contributed by atoms with Crippen LogP contribution in [0.5, 0.6) is 11.5 Å². The maximum absolute atomic E-state index is 6.44. The van der Waals surface area contributed by atoms with Gasteiger partial charge in [0.25, 0.3) is 0 Å². The Morgan fingerprint density at radius 3 is 1.50 bits per heavy atom. The van der Waals surface area contributed by atoms with E-state index in [1.54, 1.807) is 7.11 Å². The third-order valence-corrected chi connectivity index (χ3v) is 10.0. The highest BCUT2D eigenvalue weighted by Crippen LogP contribution is 2.52. The van der Waals surface area contributed by atoms with Crippen LogP contribution in [0.15, 0.2) is 36.4 Å². The second-order valence-electron chi connectivity index (χ2n) is 16.4. The molecule has 3 rings (SSSR count). The van der Waals surface area contributed by atoms with Crippen molar-refractivity contribution in [2.75, 3.05) is 19.9 Å². The van der Waals surface area contributed by atoms with Crippen LogP contribution in [-0.2, 0) is 26.2 Å². The van der Waals surface area contributed by atoms with Gasteiger partial charge in [0.1, 0.15) is 11.5 Å². The van der Waals surface area contributed by atoms with Gasteiger partial charge in [-0.3, -0.25) is 0 Å². The van der Waals surface area contributed by atoms with Crippen molar-refractivity contribution in [2.45, 2.75) is 158 Å². The highest BCUT2D eigenvalue weighted by molar-refractivity contribution is 7.47. The summed E-state index contributed by atoms with van der Waals surface area (Å²) in [5.41, 5.74) is 6.17. The molecule has 0 saturated carbocycles. The Bertz CT molecular complexity index is 1130. The number of ether oxygens (including phenoxy) is 1. The van der Waals surface area contributed by atoms with Crippen LogP contribution in [0, 0.1) is 5.41 Å². The maximum atomic E-state index is 6.44. The van der Waals surface area contributed by atoms with Gasteiger partial charge in [-0.1, -0.05) is 141 Å². The van der Waals surface area contributed by atoms with E-state index in [0.717, 1.165) is 24.3 Å². The normalized spacial score (nSPS) is 19.2. The van der Waals surface area contributed by atoms with Gasteiger partial charge in [-0.25, -0.2) is 0 Å². The predicted octanol–water partition coefficient (Wildman–Crippen LogP) is 12.9. The minimum Gasteiger partial charge on any atom is -0.496 e. The molecule has 4 heteroatoms.